The summed E-state index contributed by atoms with van der Waals surface area (Å²) in [7, 11) is -2.15. The van der Waals surface area contributed by atoms with Gasteiger partial charge in [0, 0.05) is 18.8 Å². The van der Waals surface area contributed by atoms with Gasteiger partial charge in [0.25, 0.3) is 0 Å². The van der Waals surface area contributed by atoms with Gasteiger partial charge in [-0.1, -0.05) is 13.0 Å². The third-order valence-corrected chi connectivity index (χ3v) is 5.74. The van der Waals surface area contributed by atoms with Crippen molar-refractivity contribution in [2.75, 3.05) is 19.9 Å². The third-order valence-electron chi connectivity index (χ3n) is 2.96. The van der Waals surface area contributed by atoms with E-state index in [-0.39, 0.29) is 18.3 Å². The number of halogens is 4. The van der Waals surface area contributed by atoms with Crippen molar-refractivity contribution in [2.24, 2.45) is 0 Å². The van der Waals surface area contributed by atoms with E-state index in [1.165, 1.54) is 7.11 Å². The van der Waals surface area contributed by atoms with E-state index in [4.69, 9.17) is 9.26 Å². The molecule has 0 aromatic heterocycles. The standard InChI is InChI=1S/C13H17F4O3P/c1-4-20-21(18,5-2)12(19-3)10-7-6-9(8-11(10)14)13(15,16)17/h6-8,12H,4-5H2,1-3H3. The molecule has 0 aliphatic heterocycles. The van der Waals surface area contributed by atoms with E-state index in [9.17, 15) is 22.1 Å². The normalized spacial score (nSPS) is 16.5. The molecule has 0 heterocycles. The molecular weight excluding hydrogens is 311 g/mol. The highest BCUT2D eigenvalue weighted by Crippen LogP contribution is 2.60. The molecule has 2 unspecified atom stereocenters. The van der Waals surface area contributed by atoms with Crippen LogP contribution in [0, 0.1) is 5.82 Å². The Morgan fingerprint density at radius 3 is 2.29 bits per heavy atom. The molecule has 0 aliphatic rings. The Morgan fingerprint density at radius 2 is 1.90 bits per heavy atom. The average Bonchev–Trinajstić information content (AvgIpc) is 2.40. The van der Waals surface area contributed by atoms with Gasteiger partial charge in [0.1, 0.15) is 5.82 Å². The van der Waals surface area contributed by atoms with Crippen LogP contribution in [0.25, 0.3) is 0 Å². The third kappa shape index (κ3) is 4.05. The van der Waals surface area contributed by atoms with Gasteiger partial charge in [-0.3, -0.25) is 4.57 Å². The van der Waals surface area contributed by atoms with Crippen LogP contribution in [-0.2, 0) is 20.0 Å². The van der Waals surface area contributed by atoms with E-state index in [0.717, 1.165) is 12.1 Å². The largest absolute Gasteiger partial charge is 0.416 e. The monoisotopic (exact) mass is 328 g/mol. The molecule has 0 saturated heterocycles. The molecule has 0 spiro atoms. The van der Waals surface area contributed by atoms with Crippen molar-refractivity contribution in [3.8, 4) is 0 Å². The summed E-state index contributed by atoms with van der Waals surface area (Å²) in [5.74, 6) is -2.35. The highest BCUT2D eigenvalue weighted by atomic mass is 31.2. The maximum atomic E-state index is 14.0. The number of ether oxygens (including phenoxy) is 1. The average molecular weight is 328 g/mol. The lowest BCUT2D eigenvalue weighted by Crippen LogP contribution is -2.11. The lowest BCUT2D eigenvalue weighted by Gasteiger charge is -2.26. The lowest BCUT2D eigenvalue weighted by molar-refractivity contribution is -0.137. The molecular formula is C13H17F4O3P. The molecule has 0 radical (unpaired) electrons. The molecule has 21 heavy (non-hydrogen) atoms. The Morgan fingerprint density at radius 1 is 1.29 bits per heavy atom. The summed E-state index contributed by atoms with van der Waals surface area (Å²) in [6.07, 6.45) is -4.56. The first kappa shape index (κ1) is 18.1. The summed E-state index contributed by atoms with van der Waals surface area (Å²) in [6.45, 7) is 3.34. The maximum absolute atomic E-state index is 14.0. The second kappa shape index (κ2) is 6.90. The molecule has 8 heteroatoms. The van der Waals surface area contributed by atoms with Crippen molar-refractivity contribution in [1.82, 2.24) is 0 Å². The van der Waals surface area contributed by atoms with E-state index < -0.39 is 30.8 Å². The number of methoxy groups -OCH3 is 1. The van der Waals surface area contributed by atoms with Crippen LogP contribution in [0.2, 0.25) is 0 Å². The van der Waals surface area contributed by atoms with Crippen molar-refractivity contribution < 1.29 is 31.4 Å². The predicted octanol–water partition coefficient (Wildman–Crippen LogP) is 4.82. The zero-order valence-corrected chi connectivity index (χ0v) is 12.8. The minimum Gasteiger partial charge on any atom is -0.366 e. The van der Waals surface area contributed by atoms with Gasteiger partial charge in [-0.15, -0.1) is 0 Å². The summed E-state index contributed by atoms with van der Waals surface area (Å²) < 4.78 is 74.4. The van der Waals surface area contributed by atoms with Gasteiger partial charge in [0.15, 0.2) is 5.85 Å². The van der Waals surface area contributed by atoms with Crippen molar-refractivity contribution in [1.29, 1.82) is 0 Å². The van der Waals surface area contributed by atoms with Crippen LogP contribution < -0.4 is 0 Å². The van der Waals surface area contributed by atoms with Crippen LogP contribution in [0.1, 0.15) is 30.8 Å². The lowest BCUT2D eigenvalue weighted by atomic mass is 10.1. The van der Waals surface area contributed by atoms with Crippen molar-refractivity contribution in [3.63, 3.8) is 0 Å². The van der Waals surface area contributed by atoms with Crippen LogP contribution in [0.15, 0.2) is 18.2 Å². The fraction of sp³-hybridized carbons (Fsp3) is 0.538. The molecule has 0 aliphatic carbocycles. The van der Waals surface area contributed by atoms with Crippen LogP contribution in [-0.4, -0.2) is 19.9 Å². The van der Waals surface area contributed by atoms with E-state index in [2.05, 4.69) is 0 Å². The number of hydrogen-bond donors (Lipinski definition) is 0. The highest BCUT2D eigenvalue weighted by Gasteiger charge is 2.37. The van der Waals surface area contributed by atoms with E-state index in [1.54, 1.807) is 13.8 Å². The number of benzene rings is 1. The molecule has 0 bridgehead atoms. The molecule has 1 aromatic carbocycles. The van der Waals surface area contributed by atoms with Gasteiger partial charge in [-0.25, -0.2) is 4.39 Å². The van der Waals surface area contributed by atoms with E-state index in [1.807, 2.05) is 0 Å². The topological polar surface area (TPSA) is 35.5 Å². The Balaban J connectivity index is 3.27. The molecule has 0 saturated carbocycles. The van der Waals surface area contributed by atoms with Crippen molar-refractivity contribution in [2.45, 2.75) is 25.9 Å². The molecule has 2 atom stereocenters. The Hall–Kier alpha value is -0.910. The predicted molar refractivity (Wildman–Crippen MR) is 70.9 cm³/mol. The van der Waals surface area contributed by atoms with Crippen LogP contribution in [0.4, 0.5) is 17.6 Å². The first-order chi connectivity index (χ1) is 9.69. The van der Waals surface area contributed by atoms with Crippen molar-refractivity contribution in [3.05, 3.63) is 35.1 Å². The number of rotatable bonds is 6. The SMILES string of the molecule is CCOP(=O)(CC)C(OC)c1ccc(C(F)(F)F)cc1F. The minimum absolute atomic E-state index is 0.0831. The molecule has 1 rings (SSSR count). The summed E-state index contributed by atoms with van der Waals surface area (Å²) in [5.41, 5.74) is -1.31. The second-order valence-electron chi connectivity index (χ2n) is 4.28. The van der Waals surface area contributed by atoms with Crippen LogP contribution in [0.5, 0.6) is 0 Å². The van der Waals surface area contributed by atoms with Crippen molar-refractivity contribution >= 4 is 7.37 Å². The molecule has 0 fully saturated rings. The smallest absolute Gasteiger partial charge is 0.366 e. The van der Waals surface area contributed by atoms with Gasteiger partial charge in [-0.2, -0.15) is 13.2 Å². The molecule has 120 valence electrons. The van der Waals surface area contributed by atoms with E-state index >= 15 is 0 Å². The Kier molecular flexibility index (Phi) is 5.96. The fourth-order valence-electron chi connectivity index (χ4n) is 1.95. The molecule has 1 aromatic rings. The van der Waals surface area contributed by atoms with E-state index in [0.29, 0.717) is 6.07 Å². The summed E-state index contributed by atoms with van der Waals surface area (Å²) in [5, 5.41) is 0. The summed E-state index contributed by atoms with van der Waals surface area (Å²) in [6, 6.07) is 2.04. The molecule has 0 N–H and O–H groups in total. The van der Waals surface area contributed by atoms with Gasteiger partial charge in [-0.05, 0) is 19.1 Å². The first-order valence-electron chi connectivity index (χ1n) is 6.32. The Bertz CT molecular complexity index is 531. The van der Waals surface area contributed by atoms with Crippen LogP contribution >= 0.6 is 7.37 Å². The van der Waals surface area contributed by atoms with Crippen LogP contribution in [0.3, 0.4) is 0 Å². The summed E-state index contributed by atoms with van der Waals surface area (Å²) in [4.78, 5) is 0. The summed E-state index contributed by atoms with van der Waals surface area (Å²) >= 11 is 0. The molecule has 3 nitrogen and oxygen atoms in total. The minimum atomic E-state index is -4.64. The first-order valence-corrected chi connectivity index (χ1v) is 8.20. The fourth-order valence-corrected chi connectivity index (χ4v) is 3.99. The van der Waals surface area contributed by atoms with Gasteiger partial charge in [0.2, 0.25) is 7.37 Å². The second-order valence-corrected chi connectivity index (χ2v) is 7.09. The zero-order chi connectivity index (χ0) is 16.3. The zero-order valence-electron chi connectivity index (χ0n) is 11.9. The number of hydrogen-bond acceptors (Lipinski definition) is 3. The highest BCUT2D eigenvalue weighted by molar-refractivity contribution is 7.59. The Labute approximate surface area is 120 Å². The van der Waals surface area contributed by atoms with Gasteiger partial charge < -0.3 is 9.26 Å². The number of alkyl halides is 3. The van der Waals surface area contributed by atoms with Gasteiger partial charge in [0.05, 0.1) is 12.2 Å². The molecule has 0 amide bonds. The van der Waals surface area contributed by atoms with Gasteiger partial charge >= 0.3 is 6.18 Å². The quantitative estimate of drug-likeness (QED) is 0.554. The maximum Gasteiger partial charge on any atom is 0.416 e.